The number of thiophene rings is 1. The zero-order chi connectivity index (χ0) is 16.9. The molecular weight excluding hydrogens is 370 g/mol. The summed E-state index contributed by atoms with van der Waals surface area (Å²) in [5.74, 6) is -0.265. The number of carbonyl (C=O) groups excluding carboxylic acids is 1. The SMILES string of the molecule is CC(CN)C(=O)NCCc1ccc(S(=O)(=O)N2CCCCC2)s1.Cl. The van der Waals surface area contributed by atoms with Crippen LogP contribution in [0.1, 0.15) is 31.1 Å². The topological polar surface area (TPSA) is 92.5 Å². The van der Waals surface area contributed by atoms with Crippen molar-refractivity contribution in [3.05, 3.63) is 17.0 Å². The van der Waals surface area contributed by atoms with E-state index in [1.807, 2.05) is 6.07 Å². The molecule has 6 nitrogen and oxygen atoms in total. The Morgan fingerprint density at radius 1 is 1.33 bits per heavy atom. The molecule has 3 N–H and O–H groups in total. The first-order chi connectivity index (χ1) is 10.9. The van der Waals surface area contributed by atoms with Crippen LogP contribution in [0.4, 0.5) is 0 Å². The fourth-order valence-corrected chi connectivity index (χ4v) is 5.48. The van der Waals surface area contributed by atoms with E-state index in [0.717, 1.165) is 24.1 Å². The maximum Gasteiger partial charge on any atom is 0.252 e. The molecule has 1 aromatic rings. The first kappa shape index (κ1) is 21.4. The van der Waals surface area contributed by atoms with E-state index in [9.17, 15) is 13.2 Å². The largest absolute Gasteiger partial charge is 0.355 e. The van der Waals surface area contributed by atoms with Crippen molar-refractivity contribution in [2.24, 2.45) is 11.7 Å². The number of hydrogen-bond donors (Lipinski definition) is 2. The molecule has 1 amide bonds. The van der Waals surface area contributed by atoms with Crippen molar-refractivity contribution >= 4 is 39.7 Å². The summed E-state index contributed by atoms with van der Waals surface area (Å²) in [6, 6.07) is 3.51. The highest BCUT2D eigenvalue weighted by Crippen LogP contribution is 2.27. The number of nitrogens with zero attached hydrogens (tertiary/aromatic N) is 1. The number of piperidine rings is 1. The van der Waals surface area contributed by atoms with Crippen LogP contribution in [0.2, 0.25) is 0 Å². The maximum absolute atomic E-state index is 12.6. The van der Waals surface area contributed by atoms with Crippen LogP contribution >= 0.6 is 23.7 Å². The molecule has 1 unspecified atom stereocenters. The van der Waals surface area contributed by atoms with Crippen LogP contribution < -0.4 is 11.1 Å². The second kappa shape index (κ2) is 9.72. The van der Waals surface area contributed by atoms with E-state index in [-0.39, 0.29) is 24.2 Å². The predicted octanol–water partition coefficient (Wildman–Crippen LogP) is 1.60. The molecule has 1 fully saturated rings. The van der Waals surface area contributed by atoms with E-state index in [2.05, 4.69) is 5.32 Å². The molecule has 2 rings (SSSR count). The highest BCUT2D eigenvalue weighted by Gasteiger charge is 2.27. The van der Waals surface area contributed by atoms with Gasteiger partial charge in [-0.05, 0) is 31.4 Å². The molecule has 1 saturated heterocycles. The van der Waals surface area contributed by atoms with Gasteiger partial charge in [-0.2, -0.15) is 4.31 Å². The van der Waals surface area contributed by atoms with Gasteiger partial charge in [0.25, 0.3) is 10.0 Å². The molecule has 0 spiro atoms. The summed E-state index contributed by atoms with van der Waals surface area (Å²) < 4.78 is 27.1. The fourth-order valence-electron chi connectivity index (χ4n) is 2.45. The molecule has 1 atom stereocenters. The second-order valence-corrected chi connectivity index (χ2v) is 9.20. The van der Waals surface area contributed by atoms with E-state index in [4.69, 9.17) is 5.73 Å². The summed E-state index contributed by atoms with van der Waals surface area (Å²) in [5, 5.41) is 2.82. The van der Waals surface area contributed by atoms with Gasteiger partial charge in [0.1, 0.15) is 4.21 Å². The first-order valence-electron chi connectivity index (χ1n) is 8.02. The number of sulfonamides is 1. The number of carbonyl (C=O) groups is 1. The average molecular weight is 396 g/mol. The average Bonchev–Trinajstić information content (AvgIpc) is 3.04. The van der Waals surface area contributed by atoms with Gasteiger partial charge in [-0.1, -0.05) is 13.3 Å². The number of halogens is 1. The molecule has 138 valence electrons. The van der Waals surface area contributed by atoms with Crippen LogP contribution in [0.5, 0.6) is 0 Å². The molecular formula is C15H26ClN3O3S2. The lowest BCUT2D eigenvalue weighted by atomic mass is 10.1. The second-order valence-electron chi connectivity index (χ2n) is 5.86. The number of nitrogens with two attached hydrogens (primary N) is 1. The van der Waals surface area contributed by atoms with Crippen molar-refractivity contribution < 1.29 is 13.2 Å². The van der Waals surface area contributed by atoms with Crippen molar-refractivity contribution in [3.63, 3.8) is 0 Å². The molecule has 1 aromatic heterocycles. The van der Waals surface area contributed by atoms with E-state index in [1.54, 1.807) is 17.3 Å². The minimum atomic E-state index is -3.35. The third-order valence-electron chi connectivity index (χ3n) is 4.02. The van der Waals surface area contributed by atoms with E-state index in [1.165, 1.54) is 11.3 Å². The zero-order valence-electron chi connectivity index (χ0n) is 13.9. The minimum Gasteiger partial charge on any atom is -0.355 e. The van der Waals surface area contributed by atoms with Gasteiger partial charge in [0.15, 0.2) is 0 Å². The van der Waals surface area contributed by atoms with E-state index in [0.29, 0.717) is 36.8 Å². The van der Waals surface area contributed by atoms with Gasteiger partial charge in [-0.3, -0.25) is 4.79 Å². The molecule has 0 aliphatic carbocycles. The van der Waals surface area contributed by atoms with Crippen molar-refractivity contribution in [2.45, 2.75) is 36.8 Å². The number of rotatable bonds is 7. The van der Waals surface area contributed by atoms with Gasteiger partial charge < -0.3 is 11.1 Å². The normalized spacial score (nSPS) is 17.1. The minimum absolute atomic E-state index is 0. The van der Waals surface area contributed by atoms with Crippen LogP contribution in [-0.2, 0) is 21.2 Å². The lowest BCUT2D eigenvalue weighted by Gasteiger charge is -2.25. The van der Waals surface area contributed by atoms with Gasteiger partial charge in [0, 0.05) is 37.0 Å². The van der Waals surface area contributed by atoms with Crippen molar-refractivity contribution in [1.29, 1.82) is 0 Å². The number of nitrogens with one attached hydrogen (secondary N) is 1. The summed E-state index contributed by atoms with van der Waals surface area (Å²) in [6.07, 6.45) is 3.59. The molecule has 0 saturated carbocycles. The molecule has 1 aliphatic heterocycles. The third-order valence-corrected chi connectivity index (χ3v) is 7.53. The van der Waals surface area contributed by atoms with E-state index >= 15 is 0 Å². The van der Waals surface area contributed by atoms with Crippen molar-refractivity contribution in [1.82, 2.24) is 9.62 Å². The Morgan fingerprint density at radius 2 is 2.00 bits per heavy atom. The summed E-state index contributed by atoms with van der Waals surface area (Å²) in [6.45, 7) is 3.82. The molecule has 0 radical (unpaired) electrons. The summed E-state index contributed by atoms with van der Waals surface area (Å²) in [7, 11) is -3.35. The predicted molar refractivity (Wildman–Crippen MR) is 99.1 cm³/mol. The maximum atomic E-state index is 12.6. The van der Waals surface area contributed by atoms with Crippen LogP contribution in [0.15, 0.2) is 16.3 Å². The Hall–Kier alpha value is -0.670. The van der Waals surface area contributed by atoms with Gasteiger partial charge in [-0.15, -0.1) is 23.7 Å². The molecule has 2 heterocycles. The van der Waals surface area contributed by atoms with Crippen LogP contribution in [0.3, 0.4) is 0 Å². The van der Waals surface area contributed by atoms with Crippen LogP contribution in [0, 0.1) is 5.92 Å². The highest BCUT2D eigenvalue weighted by molar-refractivity contribution is 7.91. The Bertz CT molecular complexity index is 628. The lowest BCUT2D eigenvalue weighted by Crippen LogP contribution is -2.35. The summed E-state index contributed by atoms with van der Waals surface area (Å²) >= 11 is 1.29. The van der Waals surface area contributed by atoms with Gasteiger partial charge in [0.05, 0.1) is 0 Å². The fraction of sp³-hybridized carbons (Fsp3) is 0.667. The standard InChI is InChI=1S/C15H25N3O3S2.ClH/c1-12(11-16)15(19)17-8-7-13-5-6-14(22-13)23(20,21)18-9-3-2-4-10-18;/h5-6,12H,2-4,7-11,16H2,1H3,(H,17,19);1H. The molecule has 9 heteroatoms. The highest BCUT2D eigenvalue weighted by atomic mass is 35.5. The quantitative estimate of drug-likeness (QED) is 0.733. The smallest absolute Gasteiger partial charge is 0.252 e. The molecule has 0 aromatic carbocycles. The molecule has 24 heavy (non-hydrogen) atoms. The molecule has 0 bridgehead atoms. The number of amides is 1. The Kier molecular flexibility index (Phi) is 8.66. The summed E-state index contributed by atoms with van der Waals surface area (Å²) in [5.41, 5.74) is 5.45. The monoisotopic (exact) mass is 395 g/mol. The Morgan fingerprint density at radius 3 is 2.62 bits per heavy atom. The summed E-state index contributed by atoms with van der Waals surface area (Å²) in [4.78, 5) is 12.6. The third kappa shape index (κ3) is 5.42. The van der Waals surface area contributed by atoms with Crippen molar-refractivity contribution in [3.8, 4) is 0 Å². The Labute approximate surface area is 154 Å². The van der Waals surface area contributed by atoms with Crippen LogP contribution in [0.25, 0.3) is 0 Å². The van der Waals surface area contributed by atoms with E-state index < -0.39 is 10.0 Å². The Balaban J connectivity index is 0.00000288. The number of hydrogen-bond acceptors (Lipinski definition) is 5. The van der Waals surface area contributed by atoms with Gasteiger partial charge >= 0.3 is 0 Å². The van der Waals surface area contributed by atoms with Gasteiger partial charge in [-0.25, -0.2) is 8.42 Å². The zero-order valence-corrected chi connectivity index (χ0v) is 16.3. The lowest BCUT2D eigenvalue weighted by molar-refractivity contribution is -0.124. The molecule has 1 aliphatic rings. The van der Waals surface area contributed by atoms with Gasteiger partial charge in [0.2, 0.25) is 5.91 Å². The van der Waals surface area contributed by atoms with Crippen LogP contribution in [-0.4, -0.2) is 44.8 Å². The van der Waals surface area contributed by atoms with Crippen molar-refractivity contribution in [2.75, 3.05) is 26.2 Å². The first-order valence-corrected chi connectivity index (χ1v) is 10.3.